The summed E-state index contributed by atoms with van der Waals surface area (Å²) in [5.41, 5.74) is 1.40. The summed E-state index contributed by atoms with van der Waals surface area (Å²) in [7, 11) is 0. The number of H-pyrrole nitrogens is 1. The number of aryl methyl sites for hydroxylation is 1. The first-order chi connectivity index (χ1) is 11.1. The van der Waals surface area contributed by atoms with Gasteiger partial charge in [-0.05, 0) is 25.1 Å². The van der Waals surface area contributed by atoms with Crippen molar-refractivity contribution in [1.29, 1.82) is 0 Å². The molecule has 0 fully saturated rings. The Kier molecular flexibility index (Phi) is 4.01. The predicted molar refractivity (Wildman–Crippen MR) is 78.8 cm³/mol. The first kappa shape index (κ1) is 14.7. The number of ketones is 1. The second-order valence-corrected chi connectivity index (χ2v) is 4.82. The molecular formula is C16H13N3O4. The van der Waals surface area contributed by atoms with E-state index in [1.807, 2.05) is 0 Å². The quantitative estimate of drug-likeness (QED) is 0.573. The minimum atomic E-state index is -0.526. The Labute approximate surface area is 131 Å². The average molecular weight is 311 g/mol. The maximum Gasteiger partial charge on any atom is 0.338 e. The highest BCUT2D eigenvalue weighted by molar-refractivity contribution is 6.09. The van der Waals surface area contributed by atoms with Gasteiger partial charge in [0.05, 0.1) is 5.56 Å². The molecule has 0 aliphatic rings. The Balaban J connectivity index is 1.64. The van der Waals surface area contributed by atoms with Crippen LogP contribution >= 0.6 is 0 Å². The molecule has 0 saturated carbocycles. The van der Waals surface area contributed by atoms with E-state index in [9.17, 15) is 9.59 Å². The number of rotatable bonds is 5. The van der Waals surface area contributed by atoms with Gasteiger partial charge in [0.1, 0.15) is 0 Å². The third-order valence-electron chi connectivity index (χ3n) is 3.14. The highest BCUT2D eigenvalue weighted by Gasteiger charge is 2.13. The van der Waals surface area contributed by atoms with Crippen LogP contribution < -0.4 is 0 Å². The Morgan fingerprint density at radius 2 is 1.87 bits per heavy atom. The molecule has 3 aromatic rings. The number of carbonyl (C=O) groups excluding carboxylic acids is 2. The van der Waals surface area contributed by atoms with Gasteiger partial charge in [0.25, 0.3) is 5.89 Å². The van der Waals surface area contributed by atoms with Crippen LogP contribution in [0.15, 0.2) is 47.2 Å². The molecule has 23 heavy (non-hydrogen) atoms. The van der Waals surface area contributed by atoms with E-state index in [1.54, 1.807) is 49.6 Å². The molecule has 0 aliphatic heterocycles. The van der Waals surface area contributed by atoms with Gasteiger partial charge in [0, 0.05) is 23.5 Å². The van der Waals surface area contributed by atoms with Crippen molar-refractivity contribution >= 4 is 11.8 Å². The molecule has 0 aliphatic carbocycles. The monoisotopic (exact) mass is 311 g/mol. The van der Waals surface area contributed by atoms with Crippen molar-refractivity contribution in [3.05, 3.63) is 71.1 Å². The smallest absolute Gasteiger partial charge is 0.338 e. The molecule has 7 heteroatoms. The summed E-state index contributed by atoms with van der Waals surface area (Å²) >= 11 is 0. The van der Waals surface area contributed by atoms with Crippen LogP contribution in [0, 0.1) is 6.92 Å². The van der Waals surface area contributed by atoms with Crippen molar-refractivity contribution in [3.8, 4) is 0 Å². The maximum atomic E-state index is 12.1. The number of hydrogen-bond acceptors (Lipinski definition) is 6. The molecule has 0 atom stereocenters. The Morgan fingerprint density at radius 1 is 1.13 bits per heavy atom. The molecule has 1 N–H and O–H groups in total. The largest absolute Gasteiger partial charge is 0.452 e. The van der Waals surface area contributed by atoms with Crippen LogP contribution in [0.25, 0.3) is 0 Å². The van der Waals surface area contributed by atoms with Crippen LogP contribution in [0.4, 0.5) is 0 Å². The van der Waals surface area contributed by atoms with E-state index in [0.717, 1.165) is 0 Å². The molecule has 0 unspecified atom stereocenters. The summed E-state index contributed by atoms with van der Waals surface area (Å²) in [6, 6.07) is 7.95. The summed E-state index contributed by atoms with van der Waals surface area (Å²) < 4.78 is 9.93. The van der Waals surface area contributed by atoms with E-state index in [4.69, 9.17) is 9.26 Å². The number of ether oxygens (including phenoxy) is 1. The van der Waals surface area contributed by atoms with Crippen molar-refractivity contribution in [3.63, 3.8) is 0 Å². The predicted octanol–water partition coefficient (Wildman–Crippen LogP) is 2.29. The summed E-state index contributed by atoms with van der Waals surface area (Å²) in [4.78, 5) is 30.8. The van der Waals surface area contributed by atoms with Gasteiger partial charge in [-0.15, -0.1) is 0 Å². The number of nitrogens with zero attached hydrogens (tertiary/aromatic N) is 2. The van der Waals surface area contributed by atoms with Crippen molar-refractivity contribution < 1.29 is 18.8 Å². The summed E-state index contributed by atoms with van der Waals surface area (Å²) in [5, 5.41) is 3.61. The van der Waals surface area contributed by atoms with E-state index in [-0.39, 0.29) is 18.3 Å². The lowest BCUT2D eigenvalue weighted by Crippen LogP contribution is -2.06. The van der Waals surface area contributed by atoms with Crippen LogP contribution in [0.2, 0.25) is 0 Å². The fourth-order valence-electron chi connectivity index (χ4n) is 2.00. The second-order valence-electron chi connectivity index (χ2n) is 4.82. The van der Waals surface area contributed by atoms with Crippen molar-refractivity contribution in [2.45, 2.75) is 13.5 Å². The topological polar surface area (TPSA) is 98.1 Å². The molecule has 2 aromatic heterocycles. The fraction of sp³-hybridized carbons (Fsp3) is 0.125. The van der Waals surface area contributed by atoms with Crippen molar-refractivity contribution in [2.75, 3.05) is 0 Å². The fourth-order valence-corrected chi connectivity index (χ4v) is 2.00. The Bertz CT molecular complexity index is 819. The number of hydrogen-bond donors (Lipinski definition) is 1. The normalized spacial score (nSPS) is 10.5. The van der Waals surface area contributed by atoms with Gasteiger partial charge >= 0.3 is 5.97 Å². The minimum Gasteiger partial charge on any atom is -0.452 e. The molecule has 0 saturated heterocycles. The highest BCUT2D eigenvalue weighted by Crippen LogP contribution is 2.12. The molecule has 3 rings (SSSR count). The van der Waals surface area contributed by atoms with E-state index in [2.05, 4.69) is 15.1 Å². The van der Waals surface area contributed by atoms with Gasteiger partial charge in [0.15, 0.2) is 18.2 Å². The lowest BCUT2D eigenvalue weighted by atomic mass is 10.0. The van der Waals surface area contributed by atoms with Crippen LogP contribution in [0.1, 0.15) is 38.0 Å². The standard InChI is InChI=1S/C16H13N3O4/c1-10-18-14(23-19-10)9-22-16(21)12-4-2-11(3-5-12)15(20)13-6-7-17-8-13/h2-8,17H,9H2,1H3. The summed E-state index contributed by atoms with van der Waals surface area (Å²) in [6.45, 7) is 1.58. The molecule has 0 bridgehead atoms. The minimum absolute atomic E-state index is 0.0935. The molecule has 2 heterocycles. The molecule has 0 amide bonds. The zero-order chi connectivity index (χ0) is 16.2. The number of nitrogens with one attached hydrogen (secondary N) is 1. The molecule has 7 nitrogen and oxygen atoms in total. The second kappa shape index (κ2) is 6.27. The first-order valence-electron chi connectivity index (χ1n) is 6.87. The van der Waals surface area contributed by atoms with Gasteiger partial charge in [-0.1, -0.05) is 17.3 Å². The zero-order valence-corrected chi connectivity index (χ0v) is 12.3. The molecular weight excluding hydrogens is 298 g/mol. The van der Waals surface area contributed by atoms with Crippen molar-refractivity contribution in [2.24, 2.45) is 0 Å². The number of aromatic nitrogens is 3. The van der Waals surface area contributed by atoms with Crippen LogP contribution in [0.5, 0.6) is 0 Å². The van der Waals surface area contributed by atoms with Crippen molar-refractivity contribution in [1.82, 2.24) is 15.1 Å². The molecule has 0 radical (unpaired) electrons. The van der Waals surface area contributed by atoms with E-state index < -0.39 is 5.97 Å². The number of benzene rings is 1. The highest BCUT2D eigenvalue weighted by atomic mass is 16.6. The average Bonchev–Trinajstić information content (AvgIpc) is 3.24. The van der Waals surface area contributed by atoms with E-state index in [1.165, 1.54) is 0 Å². The third kappa shape index (κ3) is 3.34. The van der Waals surface area contributed by atoms with E-state index in [0.29, 0.717) is 22.5 Å². The van der Waals surface area contributed by atoms with Gasteiger partial charge in [-0.2, -0.15) is 4.98 Å². The van der Waals surface area contributed by atoms with E-state index >= 15 is 0 Å². The summed E-state index contributed by atoms with van der Waals surface area (Å²) in [6.07, 6.45) is 3.30. The number of esters is 1. The third-order valence-corrected chi connectivity index (χ3v) is 3.14. The van der Waals surface area contributed by atoms with Gasteiger partial charge in [-0.25, -0.2) is 4.79 Å². The Morgan fingerprint density at radius 3 is 2.48 bits per heavy atom. The number of aromatic amines is 1. The van der Waals surface area contributed by atoms with Gasteiger partial charge in [0.2, 0.25) is 0 Å². The van der Waals surface area contributed by atoms with Crippen LogP contribution in [0.3, 0.4) is 0 Å². The first-order valence-corrected chi connectivity index (χ1v) is 6.87. The molecule has 0 spiro atoms. The zero-order valence-electron chi connectivity index (χ0n) is 12.3. The SMILES string of the molecule is Cc1noc(COC(=O)c2ccc(C(=O)c3cc[nH]c3)cc2)n1. The number of carbonyl (C=O) groups is 2. The van der Waals surface area contributed by atoms with Gasteiger partial charge < -0.3 is 14.2 Å². The van der Waals surface area contributed by atoms with Crippen LogP contribution in [-0.2, 0) is 11.3 Å². The maximum absolute atomic E-state index is 12.1. The lowest BCUT2D eigenvalue weighted by Gasteiger charge is -2.03. The molecule has 1 aromatic carbocycles. The Hall–Kier alpha value is -3.22. The van der Waals surface area contributed by atoms with Gasteiger partial charge in [-0.3, -0.25) is 4.79 Å². The van der Waals surface area contributed by atoms with Crippen LogP contribution in [-0.4, -0.2) is 26.9 Å². The summed E-state index contributed by atoms with van der Waals surface area (Å²) in [5.74, 6) is 0.0628. The lowest BCUT2D eigenvalue weighted by molar-refractivity contribution is 0.0429. The molecule has 116 valence electrons.